The van der Waals surface area contributed by atoms with E-state index in [1.165, 1.54) is 4.90 Å². The van der Waals surface area contributed by atoms with Crippen molar-refractivity contribution in [3.05, 3.63) is 35.4 Å². The minimum absolute atomic E-state index is 0.0172. The standard InChI is InChI=1S/C27H43N3O6S/c1-7-9-10-16-30(25(33)21(18-37)29-26(34)36-27(4,5)6)23(20-13-11-12-19(3)17-20)24(32)28-15-14-22(31)35-8-2/h11-13,17,21,23,37H,7-10,14-16,18H2,1-6H3,(H,28,32)(H,29,34). The summed E-state index contributed by atoms with van der Waals surface area (Å²) in [5.74, 6) is -1.26. The first kappa shape index (κ1) is 32.3. The molecule has 0 saturated carbocycles. The van der Waals surface area contributed by atoms with E-state index in [4.69, 9.17) is 9.47 Å². The lowest BCUT2D eigenvalue weighted by Gasteiger charge is -2.34. The number of aryl methyl sites for hydroxylation is 1. The Labute approximate surface area is 226 Å². The summed E-state index contributed by atoms with van der Waals surface area (Å²) in [4.78, 5) is 53.0. The average Bonchev–Trinajstić information content (AvgIpc) is 2.80. The maximum absolute atomic E-state index is 13.8. The number of carbonyl (C=O) groups is 4. The van der Waals surface area contributed by atoms with E-state index in [0.29, 0.717) is 18.5 Å². The number of amides is 3. The molecule has 0 saturated heterocycles. The van der Waals surface area contributed by atoms with Crippen molar-refractivity contribution in [3.8, 4) is 0 Å². The third-order valence-electron chi connectivity index (χ3n) is 5.31. The summed E-state index contributed by atoms with van der Waals surface area (Å²) in [7, 11) is 0. The van der Waals surface area contributed by atoms with Gasteiger partial charge in [-0.2, -0.15) is 12.6 Å². The molecule has 10 heteroatoms. The van der Waals surface area contributed by atoms with Gasteiger partial charge >= 0.3 is 12.1 Å². The Morgan fingerprint density at radius 2 is 1.81 bits per heavy atom. The molecule has 0 aliphatic rings. The van der Waals surface area contributed by atoms with E-state index in [1.807, 2.05) is 32.0 Å². The predicted molar refractivity (Wildman–Crippen MR) is 146 cm³/mol. The Hall–Kier alpha value is -2.75. The zero-order chi connectivity index (χ0) is 28.0. The molecular weight excluding hydrogens is 494 g/mol. The smallest absolute Gasteiger partial charge is 0.408 e. The molecule has 3 amide bonds. The molecule has 208 valence electrons. The average molecular weight is 538 g/mol. The summed E-state index contributed by atoms with van der Waals surface area (Å²) in [5.41, 5.74) is 0.826. The molecule has 0 aromatic heterocycles. The van der Waals surface area contributed by atoms with Crippen LogP contribution in [0.1, 0.15) is 77.5 Å². The molecule has 37 heavy (non-hydrogen) atoms. The number of alkyl carbamates (subject to hydrolysis) is 1. The first-order valence-corrected chi connectivity index (χ1v) is 13.5. The summed E-state index contributed by atoms with van der Waals surface area (Å²) >= 11 is 4.30. The van der Waals surface area contributed by atoms with Gasteiger partial charge in [0.2, 0.25) is 11.8 Å². The fourth-order valence-electron chi connectivity index (χ4n) is 3.66. The summed E-state index contributed by atoms with van der Waals surface area (Å²) in [5, 5.41) is 5.38. The topological polar surface area (TPSA) is 114 Å². The number of thiol groups is 1. The number of hydrogen-bond acceptors (Lipinski definition) is 7. The highest BCUT2D eigenvalue weighted by Gasteiger charge is 2.35. The molecule has 0 aliphatic heterocycles. The van der Waals surface area contributed by atoms with Gasteiger partial charge in [-0.1, -0.05) is 49.6 Å². The third kappa shape index (κ3) is 11.9. The van der Waals surface area contributed by atoms with Crippen molar-refractivity contribution < 1.29 is 28.7 Å². The molecule has 9 nitrogen and oxygen atoms in total. The van der Waals surface area contributed by atoms with Gasteiger partial charge in [-0.25, -0.2) is 4.79 Å². The normalized spacial score (nSPS) is 12.7. The fourth-order valence-corrected chi connectivity index (χ4v) is 3.91. The first-order chi connectivity index (χ1) is 17.4. The third-order valence-corrected chi connectivity index (χ3v) is 5.67. The molecule has 1 aromatic rings. The van der Waals surface area contributed by atoms with Gasteiger partial charge in [-0.15, -0.1) is 0 Å². The number of nitrogens with zero attached hydrogens (tertiary/aromatic N) is 1. The number of esters is 1. The van der Waals surface area contributed by atoms with Gasteiger partial charge < -0.3 is 25.0 Å². The number of rotatable bonds is 14. The Kier molecular flexibility index (Phi) is 14.1. The van der Waals surface area contributed by atoms with E-state index in [2.05, 4.69) is 23.3 Å². The lowest BCUT2D eigenvalue weighted by Crippen LogP contribution is -2.54. The van der Waals surface area contributed by atoms with Crippen molar-refractivity contribution in [2.45, 2.75) is 84.9 Å². The lowest BCUT2D eigenvalue weighted by molar-refractivity contribution is -0.144. The van der Waals surface area contributed by atoms with Crippen LogP contribution in [0.15, 0.2) is 24.3 Å². The maximum Gasteiger partial charge on any atom is 0.408 e. The quantitative estimate of drug-likeness (QED) is 0.188. The van der Waals surface area contributed by atoms with Gasteiger partial charge in [0.1, 0.15) is 17.7 Å². The molecule has 0 heterocycles. The van der Waals surface area contributed by atoms with Crippen LogP contribution in [0.5, 0.6) is 0 Å². The summed E-state index contributed by atoms with van der Waals surface area (Å²) in [6, 6.07) is 5.41. The van der Waals surface area contributed by atoms with E-state index in [0.717, 1.165) is 18.4 Å². The zero-order valence-electron chi connectivity index (χ0n) is 23.0. The summed E-state index contributed by atoms with van der Waals surface area (Å²) in [6.07, 6.45) is 1.74. The van der Waals surface area contributed by atoms with Gasteiger partial charge in [-0.3, -0.25) is 14.4 Å². The first-order valence-electron chi connectivity index (χ1n) is 12.8. The van der Waals surface area contributed by atoms with Crippen molar-refractivity contribution in [3.63, 3.8) is 0 Å². The van der Waals surface area contributed by atoms with Gasteiger partial charge in [-0.05, 0) is 46.6 Å². The van der Waals surface area contributed by atoms with E-state index >= 15 is 0 Å². The molecular formula is C27H43N3O6S. The molecule has 0 fully saturated rings. The molecule has 1 aromatic carbocycles. The van der Waals surface area contributed by atoms with Crippen LogP contribution in [0.2, 0.25) is 0 Å². The minimum atomic E-state index is -1.00. The number of nitrogens with one attached hydrogen (secondary N) is 2. The van der Waals surface area contributed by atoms with Crippen molar-refractivity contribution in [1.82, 2.24) is 15.5 Å². The van der Waals surface area contributed by atoms with Crippen molar-refractivity contribution >= 4 is 36.5 Å². The number of ether oxygens (including phenoxy) is 2. The maximum atomic E-state index is 13.8. The van der Waals surface area contributed by atoms with Crippen LogP contribution in [0.25, 0.3) is 0 Å². The highest BCUT2D eigenvalue weighted by molar-refractivity contribution is 7.80. The number of carbonyl (C=O) groups excluding carboxylic acids is 4. The van der Waals surface area contributed by atoms with Crippen LogP contribution in [0, 0.1) is 6.92 Å². The number of hydrogen-bond donors (Lipinski definition) is 3. The summed E-state index contributed by atoms with van der Waals surface area (Å²) in [6.45, 7) is 11.5. The highest BCUT2D eigenvalue weighted by atomic mass is 32.1. The monoisotopic (exact) mass is 537 g/mol. The Morgan fingerprint density at radius 1 is 1.11 bits per heavy atom. The van der Waals surface area contributed by atoms with Gasteiger partial charge in [0.25, 0.3) is 0 Å². The van der Waals surface area contributed by atoms with Gasteiger partial charge in [0, 0.05) is 18.8 Å². The van der Waals surface area contributed by atoms with Crippen molar-refractivity contribution in [1.29, 1.82) is 0 Å². The SMILES string of the molecule is CCCCCN(C(=O)C(CS)NC(=O)OC(C)(C)C)C(C(=O)NCCC(=O)OCC)c1cccc(C)c1. The van der Waals surface area contributed by atoms with E-state index < -0.39 is 41.6 Å². The van der Waals surface area contributed by atoms with Crippen LogP contribution < -0.4 is 10.6 Å². The fraction of sp³-hybridized carbons (Fsp3) is 0.630. The molecule has 0 bridgehead atoms. The van der Waals surface area contributed by atoms with Gasteiger partial charge in [0.05, 0.1) is 13.0 Å². The predicted octanol–water partition coefficient (Wildman–Crippen LogP) is 3.95. The molecule has 2 atom stereocenters. The second-order valence-corrected chi connectivity index (χ2v) is 10.1. The Bertz CT molecular complexity index is 902. The van der Waals surface area contributed by atoms with Crippen LogP contribution in [0.3, 0.4) is 0 Å². The van der Waals surface area contributed by atoms with E-state index in [1.54, 1.807) is 33.8 Å². The molecule has 2 unspecified atom stereocenters. The molecule has 0 aliphatic carbocycles. The second kappa shape index (κ2) is 16.2. The highest BCUT2D eigenvalue weighted by Crippen LogP contribution is 2.24. The van der Waals surface area contributed by atoms with Crippen molar-refractivity contribution in [2.24, 2.45) is 0 Å². The summed E-state index contributed by atoms with van der Waals surface area (Å²) < 4.78 is 10.3. The lowest BCUT2D eigenvalue weighted by atomic mass is 10.0. The molecule has 2 N–H and O–H groups in total. The second-order valence-electron chi connectivity index (χ2n) is 9.78. The van der Waals surface area contributed by atoms with Crippen molar-refractivity contribution in [2.75, 3.05) is 25.4 Å². The number of unbranched alkanes of at least 4 members (excludes halogenated alkanes) is 2. The van der Waals surface area contributed by atoms with E-state index in [-0.39, 0.29) is 25.3 Å². The van der Waals surface area contributed by atoms with Crippen LogP contribution >= 0.6 is 12.6 Å². The largest absolute Gasteiger partial charge is 0.466 e. The van der Waals surface area contributed by atoms with Crippen LogP contribution in [0.4, 0.5) is 4.79 Å². The van der Waals surface area contributed by atoms with Crippen LogP contribution in [-0.4, -0.2) is 65.9 Å². The molecule has 0 radical (unpaired) electrons. The molecule has 1 rings (SSSR count). The van der Waals surface area contributed by atoms with Crippen LogP contribution in [-0.2, 0) is 23.9 Å². The Balaban J connectivity index is 3.30. The minimum Gasteiger partial charge on any atom is -0.466 e. The number of benzene rings is 1. The molecule has 0 spiro atoms. The Morgan fingerprint density at radius 3 is 2.38 bits per heavy atom. The van der Waals surface area contributed by atoms with E-state index in [9.17, 15) is 19.2 Å². The van der Waals surface area contributed by atoms with Gasteiger partial charge in [0.15, 0.2) is 0 Å². The zero-order valence-corrected chi connectivity index (χ0v) is 23.9.